The van der Waals surface area contributed by atoms with Gasteiger partial charge in [-0.15, -0.1) is 0 Å². The molecule has 0 aliphatic carbocycles. The van der Waals surface area contributed by atoms with Crippen LogP contribution >= 0.6 is 31.9 Å². The van der Waals surface area contributed by atoms with E-state index in [1.165, 1.54) is 22.0 Å². The molecule has 3 heteroatoms. The Morgan fingerprint density at radius 1 is 1.00 bits per heavy atom. The first-order valence-corrected chi connectivity index (χ1v) is 8.99. The van der Waals surface area contributed by atoms with Crippen LogP contribution in [0.5, 0.6) is 0 Å². The molecule has 0 radical (unpaired) electrons. The fourth-order valence-corrected chi connectivity index (χ4v) is 3.14. The summed E-state index contributed by atoms with van der Waals surface area (Å²) >= 11 is 7.18. The van der Waals surface area contributed by atoms with E-state index in [0.717, 1.165) is 24.0 Å². The summed E-state index contributed by atoms with van der Waals surface area (Å²) in [6, 6.07) is 17.2. The van der Waals surface area contributed by atoms with Crippen molar-refractivity contribution in [2.24, 2.45) is 0 Å². The van der Waals surface area contributed by atoms with Crippen LogP contribution in [-0.2, 0) is 6.42 Å². The molecular weight excluding hydrogens is 390 g/mol. The van der Waals surface area contributed by atoms with Crippen LogP contribution in [0.1, 0.15) is 30.4 Å². The second kappa shape index (κ2) is 8.72. The van der Waals surface area contributed by atoms with Gasteiger partial charge in [-0.3, -0.25) is 0 Å². The predicted molar refractivity (Wildman–Crippen MR) is 97.9 cm³/mol. The Labute approximate surface area is 144 Å². The molecule has 1 N–H and O–H groups in total. The molecule has 0 fully saturated rings. The summed E-state index contributed by atoms with van der Waals surface area (Å²) in [4.78, 5) is 0. The van der Waals surface area contributed by atoms with Gasteiger partial charge in [0, 0.05) is 21.4 Å². The smallest absolute Gasteiger partial charge is 0.0207 e. The molecule has 0 bridgehead atoms. The van der Waals surface area contributed by atoms with Crippen LogP contribution in [0, 0.1) is 0 Å². The lowest BCUT2D eigenvalue weighted by Crippen LogP contribution is -2.23. The van der Waals surface area contributed by atoms with Gasteiger partial charge in [-0.2, -0.15) is 0 Å². The van der Waals surface area contributed by atoms with E-state index in [9.17, 15) is 0 Å². The highest BCUT2D eigenvalue weighted by molar-refractivity contribution is 9.10. The lowest BCUT2D eigenvalue weighted by atomic mass is 9.92. The lowest BCUT2D eigenvalue weighted by Gasteiger charge is -2.19. The highest BCUT2D eigenvalue weighted by Crippen LogP contribution is 2.26. The van der Waals surface area contributed by atoms with Crippen LogP contribution in [-0.4, -0.2) is 13.1 Å². The maximum Gasteiger partial charge on any atom is 0.0207 e. The summed E-state index contributed by atoms with van der Waals surface area (Å²) in [5.74, 6) is 0.489. The average Bonchev–Trinajstić information content (AvgIpc) is 2.49. The van der Waals surface area contributed by atoms with Gasteiger partial charge in [-0.1, -0.05) is 69.1 Å². The third-order valence-electron chi connectivity index (χ3n) is 3.58. The van der Waals surface area contributed by atoms with Crippen LogP contribution < -0.4 is 5.32 Å². The number of benzene rings is 2. The molecule has 21 heavy (non-hydrogen) atoms. The fourth-order valence-electron chi connectivity index (χ4n) is 2.43. The van der Waals surface area contributed by atoms with Crippen LogP contribution in [0.15, 0.2) is 57.5 Å². The molecular formula is C18H21Br2N. The number of nitrogens with one attached hydrogen (secondary N) is 1. The number of hydrogen-bond acceptors (Lipinski definition) is 1. The topological polar surface area (TPSA) is 12.0 Å². The van der Waals surface area contributed by atoms with Crippen molar-refractivity contribution < 1.29 is 0 Å². The van der Waals surface area contributed by atoms with Gasteiger partial charge in [0.05, 0.1) is 0 Å². The highest BCUT2D eigenvalue weighted by atomic mass is 79.9. The molecule has 2 rings (SSSR count). The van der Waals surface area contributed by atoms with E-state index < -0.39 is 0 Å². The van der Waals surface area contributed by atoms with E-state index in [1.54, 1.807) is 0 Å². The van der Waals surface area contributed by atoms with E-state index in [0.29, 0.717) is 5.92 Å². The van der Waals surface area contributed by atoms with Crippen molar-refractivity contribution in [3.63, 3.8) is 0 Å². The first-order valence-electron chi connectivity index (χ1n) is 7.40. The van der Waals surface area contributed by atoms with Gasteiger partial charge in [0.25, 0.3) is 0 Å². The van der Waals surface area contributed by atoms with Gasteiger partial charge < -0.3 is 5.32 Å². The van der Waals surface area contributed by atoms with Crippen molar-refractivity contribution in [2.75, 3.05) is 13.1 Å². The van der Waals surface area contributed by atoms with E-state index in [1.807, 2.05) is 0 Å². The Kier molecular flexibility index (Phi) is 6.94. The second-order valence-electron chi connectivity index (χ2n) is 5.25. The number of hydrogen-bond donors (Lipinski definition) is 1. The molecule has 0 amide bonds. The van der Waals surface area contributed by atoms with Gasteiger partial charge in [0.2, 0.25) is 0 Å². The van der Waals surface area contributed by atoms with Gasteiger partial charge in [0.1, 0.15) is 0 Å². The average molecular weight is 411 g/mol. The Bertz CT molecular complexity index is 551. The van der Waals surface area contributed by atoms with Gasteiger partial charge in [-0.25, -0.2) is 0 Å². The van der Waals surface area contributed by atoms with E-state index >= 15 is 0 Å². The minimum absolute atomic E-state index is 0.489. The summed E-state index contributed by atoms with van der Waals surface area (Å²) in [5.41, 5.74) is 2.75. The number of rotatable bonds is 7. The molecule has 2 aromatic rings. The molecule has 112 valence electrons. The zero-order chi connectivity index (χ0) is 15.1. The summed E-state index contributed by atoms with van der Waals surface area (Å²) in [6.07, 6.45) is 2.21. The molecule has 2 aromatic carbocycles. The molecule has 0 saturated heterocycles. The molecule has 1 atom stereocenters. The normalized spacial score (nSPS) is 12.3. The van der Waals surface area contributed by atoms with Crippen molar-refractivity contribution in [2.45, 2.75) is 25.7 Å². The number of halogens is 2. The monoisotopic (exact) mass is 409 g/mol. The Hall–Kier alpha value is -0.640. The van der Waals surface area contributed by atoms with Crippen molar-refractivity contribution >= 4 is 31.9 Å². The largest absolute Gasteiger partial charge is 0.316 e. The summed E-state index contributed by atoms with van der Waals surface area (Å²) in [7, 11) is 0. The molecule has 0 heterocycles. The predicted octanol–water partition coefficient (Wildman–Crippen LogP) is 5.54. The van der Waals surface area contributed by atoms with Crippen LogP contribution in [0.25, 0.3) is 0 Å². The quantitative estimate of drug-likeness (QED) is 0.591. The molecule has 0 aromatic heterocycles. The Balaban J connectivity index is 2.15. The summed E-state index contributed by atoms with van der Waals surface area (Å²) < 4.78 is 2.33. The van der Waals surface area contributed by atoms with E-state index in [2.05, 4.69) is 92.6 Å². The maximum atomic E-state index is 3.66. The third kappa shape index (κ3) is 5.24. The summed E-state index contributed by atoms with van der Waals surface area (Å²) in [5, 5.41) is 3.56. The lowest BCUT2D eigenvalue weighted by molar-refractivity contribution is 0.576. The van der Waals surface area contributed by atoms with Crippen molar-refractivity contribution in [1.29, 1.82) is 0 Å². The highest BCUT2D eigenvalue weighted by Gasteiger charge is 2.13. The van der Waals surface area contributed by atoms with Crippen LogP contribution in [0.2, 0.25) is 0 Å². The molecule has 0 aliphatic heterocycles. The van der Waals surface area contributed by atoms with Crippen molar-refractivity contribution in [3.05, 3.63) is 68.6 Å². The first-order chi connectivity index (χ1) is 10.2. The second-order valence-corrected chi connectivity index (χ2v) is 7.02. The fraction of sp³-hybridized carbons (Fsp3) is 0.333. The Morgan fingerprint density at radius 2 is 1.71 bits per heavy atom. The zero-order valence-corrected chi connectivity index (χ0v) is 15.5. The van der Waals surface area contributed by atoms with E-state index in [4.69, 9.17) is 0 Å². The first kappa shape index (κ1) is 16.7. The SMILES string of the molecule is CCCNCC(Cc1ccccc1Br)c1ccc(Br)cc1. The Morgan fingerprint density at radius 3 is 2.38 bits per heavy atom. The van der Waals surface area contributed by atoms with E-state index in [-0.39, 0.29) is 0 Å². The maximum absolute atomic E-state index is 3.66. The molecule has 1 unspecified atom stereocenters. The van der Waals surface area contributed by atoms with Crippen LogP contribution in [0.3, 0.4) is 0 Å². The van der Waals surface area contributed by atoms with Crippen molar-refractivity contribution in [1.82, 2.24) is 5.32 Å². The molecule has 0 aliphatic rings. The van der Waals surface area contributed by atoms with Gasteiger partial charge >= 0.3 is 0 Å². The van der Waals surface area contributed by atoms with Gasteiger partial charge in [-0.05, 0) is 48.7 Å². The standard InChI is InChI=1S/C18H21Br2N/c1-2-11-21-13-16(14-7-9-17(19)10-8-14)12-15-5-3-4-6-18(15)20/h3-10,16,21H,2,11-13H2,1H3. The molecule has 0 spiro atoms. The minimum Gasteiger partial charge on any atom is -0.316 e. The van der Waals surface area contributed by atoms with Gasteiger partial charge in [0.15, 0.2) is 0 Å². The van der Waals surface area contributed by atoms with Crippen LogP contribution in [0.4, 0.5) is 0 Å². The molecule has 1 nitrogen and oxygen atoms in total. The minimum atomic E-state index is 0.489. The summed E-state index contributed by atoms with van der Waals surface area (Å²) in [6.45, 7) is 4.29. The third-order valence-corrected chi connectivity index (χ3v) is 4.89. The van der Waals surface area contributed by atoms with Crippen molar-refractivity contribution in [3.8, 4) is 0 Å². The zero-order valence-electron chi connectivity index (χ0n) is 12.3. The molecule has 0 saturated carbocycles.